The molecule has 0 amide bonds. The maximum atomic E-state index is 10.6. The molecule has 0 spiro atoms. The molecule has 2 rings (SSSR count). The topological polar surface area (TPSA) is 74.6 Å². The van der Waals surface area contributed by atoms with Gasteiger partial charge in [-0.3, -0.25) is 9.59 Å². The minimum atomic E-state index is -0.809. The molecule has 0 radical (unpaired) electrons. The van der Waals surface area contributed by atoms with Gasteiger partial charge in [-0.05, 0) is 21.9 Å². The summed E-state index contributed by atoms with van der Waals surface area (Å²) in [7, 11) is 0. The molecule has 2 aromatic carbocycles. The van der Waals surface area contributed by atoms with Crippen molar-refractivity contribution in [3.63, 3.8) is 0 Å². The van der Waals surface area contributed by atoms with E-state index in [9.17, 15) is 9.59 Å². The van der Waals surface area contributed by atoms with E-state index in [1.165, 1.54) is 23.5 Å². The van der Waals surface area contributed by atoms with E-state index in [4.69, 9.17) is 10.2 Å². The van der Waals surface area contributed by atoms with Gasteiger partial charge in [0, 0.05) is 11.5 Å². The van der Waals surface area contributed by atoms with Crippen LogP contribution in [0.15, 0.2) is 36.4 Å². The first-order valence-corrected chi connectivity index (χ1v) is 8.97. The summed E-state index contributed by atoms with van der Waals surface area (Å²) in [6, 6.07) is 12.0. The molecule has 6 heteroatoms. The number of hydrogen-bond donors (Lipinski definition) is 2. The summed E-state index contributed by atoms with van der Waals surface area (Å²) in [6.07, 6.45) is 0. The van der Waals surface area contributed by atoms with Crippen LogP contribution in [-0.2, 0) is 21.1 Å². The molecule has 0 aliphatic carbocycles. The molecule has 0 saturated heterocycles. The van der Waals surface area contributed by atoms with Crippen molar-refractivity contribution in [2.75, 3.05) is 11.5 Å². The van der Waals surface area contributed by atoms with Crippen molar-refractivity contribution in [1.82, 2.24) is 0 Å². The summed E-state index contributed by atoms with van der Waals surface area (Å²) in [4.78, 5) is 21.2. The largest absolute Gasteiger partial charge is 0.481 e. The third kappa shape index (κ3) is 4.68. The first kappa shape index (κ1) is 16.7. The van der Waals surface area contributed by atoms with Crippen LogP contribution in [0.1, 0.15) is 11.1 Å². The van der Waals surface area contributed by atoms with E-state index in [2.05, 4.69) is 0 Å². The Morgan fingerprint density at radius 1 is 0.773 bits per heavy atom. The molecule has 22 heavy (non-hydrogen) atoms. The molecule has 2 aromatic rings. The van der Waals surface area contributed by atoms with Crippen LogP contribution in [0.5, 0.6) is 0 Å². The highest BCUT2D eigenvalue weighted by Crippen LogP contribution is 2.28. The van der Waals surface area contributed by atoms with Crippen molar-refractivity contribution in [2.24, 2.45) is 0 Å². The fourth-order valence-electron chi connectivity index (χ4n) is 2.17. The van der Waals surface area contributed by atoms with E-state index in [1.807, 2.05) is 36.4 Å². The average Bonchev–Trinajstić information content (AvgIpc) is 2.48. The fourth-order valence-corrected chi connectivity index (χ4v) is 3.67. The van der Waals surface area contributed by atoms with Gasteiger partial charge in [-0.1, -0.05) is 36.4 Å². The van der Waals surface area contributed by atoms with Crippen molar-refractivity contribution in [3.8, 4) is 0 Å². The molecule has 4 nitrogen and oxygen atoms in total. The van der Waals surface area contributed by atoms with Crippen LogP contribution in [-0.4, -0.2) is 33.7 Å². The zero-order chi connectivity index (χ0) is 15.9. The number of fused-ring (bicyclic) bond motifs is 1. The molecule has 2 N–H and O–H groups in total. The van der Waals surface area contributed by atoms with Crippen LogP contribution in [0.25, 0.3) is 10.8 Å². The predicted molar refractivity (Wildman–Crippen MR) is 91.5 cm³/mol. The molecule has 0 saturated carbocycles. The number of carboxylic acids is 2. The minimum Gasteiger partial charge on any atom is -0.481 e. The molecule has 0 unspecified atom stereocenters. The highest BCUT2D eigenvalue weighted by molar-refractivity contribution is 7.99. The van der Waals surface area contributed by atoms with Gasteiger partial charge < -0.3 is 10.2 Å². The van der Waals surface area contributed by atoms with Crippen LogP contribution in [0.2, 0.25) is 0 Å². The highest BCUT2D eigenvalue weighted by atomic mass is 32.2. The number of aliphatic carboxylic acids is 2. The molecule has 0 fully saturated rings. The molecule has 0 heterocycles. The van der Waals surface area contributed by atoms with Gasteiger partial charge in [0.05, 0.1) is 11.5 Å². The first-order chi connectivity index (χ1) is 10.6. The van der Waals surface area contributed by atoms with E-state index in [1.54, 1.807) is 0 Å². The Balaban J connectivity index is 2.18. The SMILES string of the molecule is O=C(O)CSCc1ccc(CSCC(=O)O)c2ccccc12. The summed E-state index contributed by atoms with van der Waals surface area (Å²) in [5.74, 6) is -0.146. The number of carboxylic acid groups (broad SMARTS) is 2. The van der Waals surface area contributed by atoms with Gasteiger partial charge in [0.2, 0.25) is 0 Å². The van der Waals surface area contributed by atoms with Crippen molar-refractivity contribution in [1.29, 1.82) is 0 Å². The summed E-state index contributed by atoms with van der Waals surface area (Å²) >= 11 is 2.75. The van der Waals surface area contributed by atoms with Crippen molar-refractivity contribution >= 4 is 46.2 Å². The first-order valence-electron chi connectivity index (χ1n) is 6.66. The highest BCUT2D eigenvalue weighted by Gasteiger charge is 2.08. The number of thioether (sulfide) groups is 2. The number of rotatable bonds is 8. The lowest BCUT2D eigenvalue weighted by Crippen LogP contribution is -1.99. The van der Waals surface area contributed by atoms with Gasteiger partial charge in [0.1, 0.15) is 0 Å². The second kappa shape index (κ2) is 8.10. The second-order valence-corrected chi connectivity index (χ2v) is 6.67. The third-order valence-electron chi connectivity index (χ3n) is 3.07. The van der Waals surface area contributed by atoms with Crippen LogP contribution in [0.3, 0.4) is 0 Å². The zero-order valence-electron chi connectivity index (χ0n) is 11.8. The van der Waals surface area contributed by atoms with Crippen LogP contribution in [0.4, 0.5) is 0 Å². The summed E-state index contributed by atoms with van der Waals surface area (Å²) in [5, 5.41) is 19.6. The Kier molecular flexibility index (Phi) is 6.15. The van der Waals surface area contributed by atoms with Crippen molar-refractivity contribution < 1.29 is 19.8 Å². The monoisotopic (exact) mass is 336 g/mol. The van der Waals surface area contributed by atoms with E-state index < -0.39 is 11.9 Å². The van der Waals surface area contributed by atoms with Gasteiger partial charge in [0.25, 0.3) is 0 Å². The summed E-state index contributed by atoms with van der Waals surface area (Å²) in [5.41, 5.74) is 2.21. The Labute approximate surface area is 136 Å². The number of benzene rings is 2. The molecule has 0 aromatic heterocycles. The van der Waals surface area contributed by atoms with Crippen LogP contribution < -0.4 is 0 Å². The molecule has 116 valence electrons. The second-order valence-electron chi connectivity index (χ2n) is 4.70. The lowest BCUT2D eigenvalue weighted by Gasteiger charge is -2.10. The van der Waals surface area contributed by atoms with E-state index >= 15 is 0 Å². The Bertz CT molecular complexity index is 626. The van der Waals surface area contributed by atoms with Gasteiger partial charge in [-0.25, -0.2) is 0 Å². The average molecular weight is 336 g/mol. The van der Waals surface area contributed by atoms with Crippen molar-refractivity contribution in [3.05, 3.63) is 47.5 Å². The van der Waals surface area contributed by atoms with Gasteiger partial charge in [-0.15, -0.1) is 23.5 Å². The van der Waals surface area contributed by atoms with Gasteiger partial charge in [-0.2, -0.15) is 0 Å². The molecule has 0 bridgehead atoms. The number of carbonyl (C=O) groups is 2. The van der Waals surface area contributed by atoms with Crippen molar-refractivity contribution in [2.45, 2.75) is 11.5 Å². The van der Waals surface area contributed by atoms with E-state index in [-0.39, 0.29) is 11.5 Å². The maximum Gasteiger partial charge on any atom is 0.313 e. The van der Waals surface area contributed by atoms with Crippen LogP contribution >= 0.6 is 23.5 Å². The molecule has 0 aliphatic heterocycles. The van der Waals surface area contributed by atoms with E-state index in [0.29, 0.717) is 11.5 Å². The summed E-state index contributed by atoms with van der Waals surface area (Å²) < 4.78 is 0. The Hall–Kier alpha value is -1.66. The fraction of sp³-hybridized carbons (Fsp3) is 0.250. The van der Waals surface area contributed by atoms with Gasteiger partial charge in [0.15, 0.2) is 0 Å². The smallest absolute Gasteiger partial charge is 0.313 e. The molecule has 0 atom stereocenters. The Morgan fingerprint density at radius 2 is 1.18 bits per heavy atom. The number of hydrogen-bond acceptors (Lipinski definition) is 4. The van der Waals surface area contributed by atoms with Crippen LogP contribution in [0, 0.1) is 0 Å². The lowest BCUT2D eigenvalue weighted by atomic mass is 10.0. The zero-order valence-corrected chi connectivity index (χ0v) is 13.5. The standard InChI is InChI=1S/C16H16O4S2/c17-15(18)9-21-7-11-5-6-12(8-22-10-16(19)20)14-4-2-1-3-13(11)14/h1-6H,7-10H2,(H,17,18)(H,19,20). The van der Waals surface area contributed by atoms with E-state index in [0.717, 1.165) is 21.9 Å². The Morgan fingerprint density at radius 3 is 1.55 bits per heavy atom. The maximum absolute atomic E-state index is 10.6. The molecular weight excluding hydrogens is 320 g/mol. The van der Waals surface area contributed by atoms with Gasteiger partial charge >= 0.3 is 11.9 Å². The quantitative estimate of drug-likeness (QED) is 0.769. The normalized spacial score (nSPS) is 10.7. The minimum absolute atomic E-state index is 0.0878. The lowest BCUT2D eigenvalue weighted by molar-refractivity contribution is -0.134. The predicted octanol–water partition coefficient (Wildman–Crippen LogP) is 3.48. The third-order valence-corrected chi connectivity index (χ3v) is 5.00. The summed E-state index contributed by atoms with van der Waals surface area (Å²) in [6.45, 7) is 0. The molecule has 0 aliphatic rings. The molecular formula is C16H16O4S2.